The summed E-state index contributed by atoms with van der Waals surface area (Å²) in [6, 6.07) is 62.8. The molecule has 8 aromatic rings. The predicted octanol–water partition coefficient (Wildman–Crippen LogP) is 9.64. The molecule has 0 fully saturated rings. The van der Waals surface area contributed by atoms with Crippen molar-refractivity contribution in [3.63, 3.8) is 0 Å². The molecule has 0 unspecified atom stereocenters. The third-order valence-electron chi connectivity index (χ3n) is 8.86. The molecule has 0 aliphatic carbocycles. The molecule has 0 aromatic heterocycles. The number of anilines is 6. The third-order valence-corrected chi connectivity index (χ3v) is 11.4. The molecule has 7 nitrogen and oxygen atoms in total. The van der Waals surface area contributed by atoms with E-state index in [1.807, 2.05) is 84.9 Å². The van der Waals surface area contributed by atoms with Crippen molar-refractivity contribution >= 4 is 95.7 Å². The van der Waals surface area contributed by atoms with Crippen LogP contribution in [0.1, 0.15) is 12.6 Å². The number of nitrogens with zero attached hydrogens (tertiary/aromatic N) is 2. The molecule has 0 heterocycles. The van der Waals surface area contributed by atoms with Gasteiger partial charge in [0.05, 0.1) is 10.0 Å². The van der Waals surface area contributed by atoms with Gasteiger partial charge >= 0.3 is 103 Å². The van der Waals surface area contributed by atoms with Crippen LogP contribution in [0.2, 0.25) is 10.0 Å². The van der Waals surface area contributed by atoms with Crippen LogP contribution in [0.5, 0.6) is 17.2 Å². The molecule has 0 bridgehead atoms. The monoisotopic (exact) mass is 1090 g/mol. The zero-order chi connectivity index (χ0) is 45.1. The van der Waals surface area contributed by atoms with Crippen LogP contribution in [0.3, 0.4) is 0 Å². The van der Waals surface area contributed by atoms with Gasteiger partial charge in [0, 0.05) is 55.2 Å². The first-order valence-electron chi connectivity index (χ1n) is 19.2. The Kier molecular flexibility index (Phi) is 25.9. The molecule has 8 aromatic carbocycles. The van der Waals surface area contributed by atoms with Gasteiger partial charge in [-0.15, -0.1) is 0 Å². The second-order valence-corrected chi connectivity index (χ2v) is 15.9. The van der Waals surface area contributed by atoms with Gasteiger partial charge in [-0.2, -0.15) is 0 Å². The van der Waals surface area contributed by atoms with Crippen LogP contribution in [0, 0.1) is 19.7 Å². The molecule has 0 atom stereocenters. The summed E-state index contributed by atoms with van der Waals surface area (Å²) in [4.78, 5) is 15.6. The zero-order valence-electron chi connectivity index (χ0n) is 36.9. The summed E-state index contributed by atoms with van der Waals surface area (Å²) in [7, 11) is 0. The van der Waals surface area contributed by atoms with Crippen molar-refractivity contribution in [2.24, 2.45) is 0 Å². The number of aryl methyl sites for hydroxylation is 2. The Labute approximate surface area is 492 Å². The number of hydrogen-bond donors (Lipinski definition) is 1. The molecule has 0 radical (unpaired) electrons. The third kappa shape index (κ3) is 17.6. The minimum Gasteiger partial charge on any atom is -1.00 e. The van der Waals surface area contributed by atoms with E-state index in [-0.39, 0.29) is 121 Å². The fraction of sp³-hybridized carbons (Fsp3) is 0.0392. The summed E-state index contributed by atoms with van der Waals surface area (Å²) >= 11 is 18.3. The number of aromatic hydroxyl groups is 1. The maximum absolute atomic E-state index is 12.4. The van der Waals surface area contributed by atoms with E-state index in [1.165, 1.54) is 17.2 Å². The summed E-state index contributed by atoms with van der Waals surface area (Å²) in [5.41, 5.74) is 8.68. The number of carbonyl (C=O) groups is 1. The largest absolute Gasteiger partial charge is 1.00 e. The topological polar surface area (TPSA) is 85.3 Å². The number of phenolic OH excluding ortho intramolecular Hbond substituents is 1. The van der Waals surface area contributed by atoms with Crippen molar-refractivity contribution in [3.8, 4) is 17.2 Å². The number of carbonyl (C=O) groups excluding carboxylic acids is 1. The minimum absolute atomic E-state index is 0. The Morgan fingerprint density at radius 1 is 0.554 bits per heavy atom. The zero-order valence-corrected chi connectivity index (χ0v) is 46.8. The summed E-state index contributed by atoms with van der Waals surface area (Å²) < 4.78 is 19.9. The number of hydrogen-bond acceptors (Lipinski definition) is 7. The number of ether oxygens (including phenoxy) is 1. The molecule has 8 rings (SSSR count). The van der Waals surface area contributed by atoms with E-state index >= 15 is 0 Å². The van der Waals surface area contributed by atoms with E-state index in [0.29, 0.717) is 15.2 Å². The Morgan fingerprint density at radius 3 is 1.40 bits per heavy atom. The maximum Gasteiger partial charge on any atom is 1.00 e. The number of benzene rings is 8. The van der Waals surface area contributed by atoms with Crippen LogP contribution in [0.25, 0.3) is 0 Å². The second-order valence-electron chi connectivity index (χ2n) is 13.4. The average Bonchev–Trinajstić information content (AvgIpc) is 3.30. The fourth-order valence-electron chi connectivity index (χ4n) is 5.92. The van der Waals surface area contributed by atoms with Gasteiger partial charge in [-0.25, -0.2) is 4.39 Å². The van der Waals surface area contributed by atoms with Gasteiger partial charge in [0.2, 0.25) is 0 Å². The van der Waals surface area contributed by atoms with Gasteiger partial charge in [-0.3, -0.25) is 4.79 Å². The fourth-order valence-corrected chi connectivity index (χ4v) is 6.90. The average molecular weight is 1090 g/mol. The molecule has 14 heteroatoms. The maximum atomic E-state index is 12.4. The first kappa shape index (κ1) is 56.5. The van der Waals surface area contributed by atoms with E-state index in [1.54, 1.807) is 24.3 Å². The molecule has 0 aliphatic rings. The Hall–Kier alpha value is -2.87. The van der Waals surface area contributed by atoms with Gasteiger partial charge in [0.15, 0.2) is 0 Å². The smallest absolute Gasteiger partial charge is 1.00 e. The molecule has 0 amide bonds. The first-order valence-corrected chi connectivity index (χ1v) is 21.5. The Morgan fingerprint density at radius 2 is 0.954 bits per heavy atom. The van der Waals surface area contributed by atoms with Crippen molar-refractivity contribution in [3.05, 3.63) is 230 Å². The summed E-state index contributed by atoms with van der Waals surface area (Å²) in [5, 5.41) is 18.9. The van der Waals surface area contributed by atoms with Gasteiger partial charge < -0.3 is 31.2 Å². The standard InChI is InChI=1S/C25H19BrClNO.C19H17NO.C6H3BrClF.CH2O3.2K.H/c1-18-13-15-20(16-14-18)28(19-7-3-2-4-8-19)21-9-5-10-22(17-21)29-24-12-6-11-23(26)25(24)27;1-15-10-12-17(13-11-15)20(16-6-3-2-4-7-16)18-8-5-9-19(21)14-18;7-4-2-1-3-5(9)6(4)8;2-1-4-3;;;/h2-17H,1H3;2-14,21H,1H3;1-3H;1,3H;;;/q;;;;2*+1;-1/p-1. The molecule has 65 heavy (non-hydrogen) atoms. The predicted molar refractivity (Wildman–Crippen MR) is 260 cm³/mol. The minimum atomic E-state index is -0.397. The number of phenols is 1. The van der Waals surface area contributed by atoms with Crippen LogP contribution in [-0.2, 0) is 9.68 Å². The summed E-state index contributed by atoms with van der Waals surface area (Å²) in [5.74, 6) is 1.20. The second kappa shape index (κ2) is 29.8. The van der Waals surface area contributed by atoms with Crippen LogP contribution in [-0.4, -0.2) is 11.6 Å². The molecular formula is C51H41Br2Cl2FK2N2O5. The van der Waals surface area contributed by atoms with Gasteiger partial charge in [-0.1, -0.05) is 119 Å². The molecule has 0 aliphatic heterocycles. The molecule has 0 saturated heterocycles. The molecule has 0 saturated carbocycles. The van der Waals surface area contributed by atoms with E-state index < -0.39 is 5.82 Å². The van der Waals surface area contributed by atoms with E-state index in [0.717, 1.165) is 44.3 Å². The summed E-state index contributed by atoms with van der Waals surface area (Å²) in [6.45, 7) is 3.98. The SMILES string of the molecule is Cc1ccc(N(c2ccccc2)c2cccc(O)c2)cc1.Cc1ccc(N(c2ccccc2)c2cccc(Oc3cccc(Br)c3Cl)c2)cc1.Fc1cccc(Br)c1Cl.O=CO[O-].[H-].[K+].[K+]. The van der Waals surface area contributed by atoms with Crippen LogP contribution < -0.4 is 123 Å². The van der Waals surface area contributed by atoms with Gasteiger partial charge in [0.1, 0.15) is 23.1 Å². The van der Waals surface area contributed by atoms with Crippen molar-refractivity contribution < 1.29 is 133 Å². The summed E-state index contributed by atoms with van der Waals surface area (Å²) in [6.07, 6.45) is 0. The molecule has 1 N–H and O–H groups in total. The van der Waals surface area contributed by atoms with E-state index in [9.17, 15) is 9.50 Å². The number of para-hydroxylation sites is 2. The first-order chi connectivity index (χ1) is 30.5. The van der Waals surface area contributed by atoms with Gasteiger partial charge in [-0.05, 0) is 143 Å². The van der Waals surface area contributed by atoms with Crippen LogP contribution in [0.4, 0.5) is 38.5 Å². The van der Waals surface area contributed by atoms with Crippen molar-refractivity contribution in [2.75, 3.05) is 9.80 Å². The van der Waals surface area contributed by atoms with E-state index in [2.05, 4.69) is 139 Å². The van der Waals surface area contributed by atoms with Crippen LogP contribution >= 0.6 is 55.1 Å². The Balaban J connectivity index is 0.000000353. The molecular weight excluding hydrogens is 1050 g/mol. The number of rotatable bonds is 9. The molecule has 322 valence electrons. The Bertz CT molecular complexity index is 2660. The van der Waals surface area contributed by atoms with Crippen molar-refractivity contribution in [1.29, 1.82) is 0 Å². The van der Waals surface area contributed by atoms with Crippen LogP contribution in [0.15, 0.2) is 203 Å². The molecule has 0 spiro atoms. The quantitative estimate of drug-likeness (QED) is 0.0507. The van der Waals surface area contributed by atoms with Crippen molar-refractivity contribution in [2.45, 2.75) is 13.8 Å². The number of halogens is 5. The van der Waals surface area contributed by atoms with Gasteiger partial charge in [0.25, 0.3) is 6.47 Å². The van der Waals surface area contributed by atoms with E-state index in [4.69, 9.17) is 38.0 Å². The normalized spacial score (nSPS) is 9.72. The van der Waals surface area contributed by atoms with Crippen molar-refractivity contribution in [1.82, 2.24) is 0 Å².